The van der Waals surface area contributed by atoms with E-state index in [9.17, 15) is 4.79 Å². The van der Waals surface area contributed by atoms with Crippen molar-refractivity contribution in [1.82, 2.24) is 0 Å². The van der Waals surface area contributed by atoms with Crippen LogP contribution in [0.25, 0.3) is 0 Å². The number of carbonyl (C=O) groups is 1. The summed E-state index contributed by atoms with van der Waals surface area (Å²) in [5, 5.41) is 6.50. The molecule has 0 fully saturated rings. The number of nitrogens with one attached hydrogen (secondary N) is 1. The van der Waals surface area contributed by atoms with Crippen LogP contribution in [-0.4, -0.2) is 18.2 Å². The van der Waals surface area contributed by atoms with Gasteiger partial charge in [-0.3, -0.25) is 4.79 Å². The van der Waals surface area contributed by atoms with Crippen molar-refractivity contribution in [2.45, 2.75) is 6.92 Å². The number of benzene rings is 1. The number of carbonyl (C=O) groups excluding carboxylic acids is 1. The van der Waals surface area contributed by atoms with Gasteiger partial charge in [0.1, 0.15) is 6.61 Å². The second-order valence-electron chi connectivity index (χ2n) is 3.00. The number of hydrogen-bond donors (Lipinski definition) is 1. The summed E-state index contributed by atoms with van der Waals surface area (Å²) in [6.45, 7) is 2.26. The minimum absolute atomic E-state index is 0.225. The second kappa shape index (κ2) is 4.02. The van der Waals surface area contributed by atoms with Crippen LogP contribution in [0.5, 0.6) is 0 Å². The van der Waals surface area contributed by atoms with Crippen LogP contribution >= 0.6 is 15.9 Å². The van der Waals surface area contributed by atoms with E-state index in [1.54, 1.807) is 0 Å². The summed E-state index contributed by atoms with van der Waals surface area (Å²) in [6, 6.07) is 5.53. The lowest BCUT2D eigenvalue weighted by molar-refractivity contribution is -0.110. The van der Waals surface area contributed by atoms with Gasteiger partial charge in [0.05, 0.1) is 5.69 Å². The molecule has 0 saturated heterocycles. The predicted molar refractivity (Wildman–Crippen MR) is 60.9 cm³/mol. The van der Waals surface area contributed by atoms with E-state index in [0.717, 1.165) is 15.7 Å². The summed E-state index contributed by atoms with van der Waals surface area (Å²) >= 11 is 3.35. The van der Waals surface area contributed by atoms with Crippen LogP contribution in [0.4, 0.5) is 5.69 Å². The van der Waals surface area contributed by atoms with Gasteiger partial charge in [0.2, 0.25) is 0 Å². The molecular formula is C10H9BrN2O2. The quantitative estimate of drug-likeness (QED) is 0.836. The number of nitrogens with zero attached hydrogens (tertiary/aromatic N) is 1. The standard InChI is InChI=1S/C10H9BrN2O2/c1-2-15-13-9-7-5-6(11)3-4-8(7)12-10(9)14/h3-5H,2H2,1H3,(H,12,13,14). The number of anilines is 1. The molecule has 1 aromatic carbocycles. The van der Waals surface area contributed by atoms with Crippen molar-refractivity contribution in [3.05, 3.63) is 28.2 Å². The highest BCUT2D eigenvalue weighted by molar-refractivity contribution is 9.10. The second-order valence-corrected chi connectivity index (χ2v) is 3.92. The Bertz CT molecular complexity index is 443. The molecule has 1 N–H and O–H groups in total. The first kappa shape index (κ1) is 10.2. The summed E-state index contributed by atoms with van der Waals surface area (Å²) < 4.78 is 0.905. The highest BCUT2D eigenvalue weighted by atomic mass is 79.9. The molecule has 1 heterocycles. The fraction of sp³-hybridized carbons (Fsp3) is 0.200. The summed E-state index contributed by atoms with van der Waals surface area (Å²) in [5.74, 6) is -0.225. The van der Waals surface area contributed by atoms with Crippen molar-refractivity contribution >= 4 is 33.2 Å². The maximum absolute atomic E-state index is 11.5. The van der Waals surface area contributed by atoms with Gasteiger partial charge in [-0.1, -0.05) is 21.1 Å². The molecule has 15 heavy (non-hydrogen) atoms. The Morgan fingerprint density at radius 1 is 1.53 bits per heavy atom. The molecule has 1 aliphatic rings. The van der Waals surface area contributed by atoms with E-state index in [1.807, 2.05) is 25.1 Å². The molecule has 0 aliphatic carbocycles. The van der Waals surface area contributed by atoms with E-state index < -0.39 is 0 Å². The maximum Gasteiger partial charge on any atom is 0.278 e. The van der Waals surface area contributed by atoms with Gasteiger partial charge >= 0.3 is 0 Å². The lowest BCUT2D eigenvalue weighted by atomic mass is 10.1. The zero-order valence-corrected chi connectivity index (χ0v) is 9.67. The monoisotopic (exact) mass is 268 g/mol. The van der Waals surface area contributed by atoms with E-state index in [2.05, 4.69) is 26.4 Å². The van der Waals surface area contributed by atoms with E-state index >= 15 is 0 Å². The van der Waals surface area contributed by atoms with Crippen LogP contribution < -0.4 is 5.32 Å². The fourth-order valence-electron chi connectivity index (χ4n) is 1.34. The van der Waals surface area contributed by atoms with Crippen LogP contribution in [0.1, 0.15) is 12.5 Å². The van der Waals surface area contributed by atoms with Crippen molar-refractivity contribution in [3.8, 4) is 0 Å². The highest BCUT2D eigenvalue weighted by Crippen LogP contribution is 2.26. The van der Waals surface area contributed by atoms with Gasteiger partial charge in [0, 0.05) is 10.0 Å². The Labute approximate surface area is 95.4 Å². The Kier molecular flexibility index (Phi) is 2.73. The Balaban J connectivity index is 2.44. The average molecular weight is 269 g/mol. The molecule has 0 unspecified atom stereocenters. The van der Waals surface area contributed by atoms with Crippen LogP contribution in [-0.2, 0) is 9.63 Å². The Morgan fingerprint density at radius 2 is 2.33 bits per heavy atom. The van der Waals surface area contributed by atoms with Crippen molar-refractivity contribution in [3.63, 3.8) is 0 Å². The van der Waals surface area contributed by atoms with Gasteiger partial charge in [0.25, 0.3) is 5.91 Å². The molecule has 0 saturated carbocycles. The molecule has 2 rings (SSSR count). The first-order valence-electron chi connectivity index (χ1n) is 4.53. The molecule has 0 spiro atoms. The highest BCUT2D eigenvalue weighted by Gasteiger charge is 2.26. The molecule has 1 aromatic rings. The minimum Gasteiger partial charge on any atom is -0.395 e. The molecule has 0 bridgehead atoms. The van der Waals surface area contributed by atoms with E-state index in [0.29, 0.717) is 12.3 Å². The zero-order chi connectivity index (χ0) is 10.8. The first-order chi connectivity index (χ1) is 7.22. The topological polar surface area (TPSA) is 50.7 Å². The Morgan fingerprint density at radius 3 is 3.07 bits per heavy atom. The fourth-order valence-corrected chi connectivity index (χ4v) is 1.71. The lowest BCUT2D eigenvalue weighted by Gasteiger charge is -1.98. The number of oxime groups is 1. The van der Waals surface area contributed by atoms with Crippen molar-refractivity contribution in [2.75, 3.05) is 11.9 Å². The molecule has 0 radical (unpaired) electrons. The number of amides is 1. The van der Waals surface area contributed by atoms with Crippen molar-refractivity contribution in [2.24, 2.45) is 5.16 Å². The summed E-state index contributed by atoms with van der Waals surface area (Å²) in [6.07, 6.45) is 0. The van der Waals surface area contributed by atoms with Crippen LogP contribution in [0.3, 0.4) is 0 Å². The molecular weight excluding hydrogens is 260 g/mol. The first-order valence-corrected chi connectivity index (χ1v) is 5.33. The number of halogens is 1. The van der Waals surface area contributed by atoms with Crippen molar-refractivity contribution < 1.29 is 9.63 Å². The Hall–Kier alpha value is -1.36. The zero-order valence-electron chi connectivity index (χ0n) is 8.08. The molecule has 1 aliphatic heterocycles. The molecule has 78 valence electrons. The summed E-state index contributed by atoms with van der Waals surface area (Å²) in [4.78, 5) is 16.4. The number of hydrogen-bond acceptors (Lipinski definition) is 3. The SMILES string of the molecule is CCO/N=C1/C(=O)Nc2ccc(Br)cc21. The van der Waals surface area contributed by atoms with Gasteiger partial charge in [0.15, 0.2) is 5.71 Å². The van der Waals surface area contributed by atoms with Gasteiger partial charge in [-0.25, -0.2) is 0 Å². The molecule has 0 aromatic heterocycles. The van der Waals surface area contributed by atoms with Gasteiger partial charge in [-0.2, -0.15) is 0 Å². The number of fused-ring (bicyclic) bond motifs is 1. The third kappa shape index (κ3) is 1.87. The van der Waals surface area contributed by atoms with Gasteiger partial charge < -0.3 is 10.2 Å². The molecule has 1 amide bonds. The minimum atomic E-state index is -0.225. The largest absolute Gasteiger partial charge is 0.395 e. The van der Waals surface area contributed by atoms with Crippen LogP contribution in [0.15, 0.2) is 27.8 Å². The van der Waals surface area contributed by atoms with Crippen LogP contribution in [0, 0.1) is 0 Å². The average Bonchev–Trinajstić information content (AvgIpc) is 2.51. The lowest BCUT2D eigenvalue weighted by Crippen LogP contribution is -2.14. The third-order valence-corrected chi connectivity index (χ3v) is 2.48. The molecule has 0 atom stereocenters. The predicted octanol–water partition coefficient (Wildman–Crippen LogP) is 2.14. The van der Waals surface area contributed by atoms with E-state index in [1.165, 1.54) is 0 Å². The molecule has 4 nitrogen and oxygen atoms in total. The van der Waals surface area contributed by atoms with E-state index in [4.69, 9.17) is 4.84 Å². The molecule has 5 heteroatoms. The summed E-state index contributed by atoms with van der Waals surface area (Å²) in [7, 11) is 0. The summed E-state index contributed by atoms with van der Waals surface area (Å²) in [5.41, 5.74) is 1.86. The van der Waals surface area contributed by atoms with Crippen LogP contribution in [0.2, 0.25) is 0 Å². The van der Waals surface area contributed by atoms with Gasteiger partial charge in [-0.05, 0) is 25.1 Å². The normalized spacial score (nSPS) is 16.4. The van der Waals surface area contributed by atoms with Crippen molar-refractivity contribution in [1.29, 1.82) is 0 Å². The third-order valence-electron chi connectivity index (χ3n) is 1.98. The maximum atomic E-state index is 11.5. The van der Waals surface area contributed by atoms with E-state index in [-0.39, 0.29) is 5.91 Å². The smallest absolute Gasteiger partial charge is 0.278 e. The number of rotatable bonds is 2. The van der Waals surface area contributed by atoms with Gasteiger partial charge in [-0.15, -0.1) is 0 Å².